The molecule has 0 bridgehead atoms. The number of ether oxygens (including phenoxy) is 2. The molecule has 420 valence electrons. The lowest BCUT2D eigenvalue weighted by atomic mass is 9.70. The van der Waals surface area contributed by atoms with E-state index in [1.54, 1.807) is 38.9 Å². The Morgan fingerprint density at radius 1 is 0.642 bits per heavy atom. The van der Waals surface area contributed by atoms with Crippen molar-refractivity contribution in [2.75, 3.05) is 14.2 Å². The van der Waals surface area contributed by atoms with Crippen LogP contribution in [0.5, 0.6) is 11.5 Å². The summed E-state index contributed by atoms with van der Waals surface area (Å²) in [7, 11) is 3.22. The van der Waals surface area contributed by atoms with Crippen molar-refractivity contribution < 1.29 is 38.6 Å². The van der Waals surface area contributed by atoms with Gasteiger partial charge in [0.05, 0.1) is 43.5 Å². The largest absolute Gasteiger partial charge is 0.496 e. The van der Waals surface area contributed by atoms with Gasteiger partial charge in [0.15, 0.2) is 5.78 Å². The minimum Gasteiger partial charge on any atom is -0.496 e. The topological polar surface area (TPSA) is 260 Å². The van der Waals surface area contributed by atoms with Crippen LogP contribution in [-0.2, 0) is 75.3 Å². The molecule has 17 heteroatoms. The third-order valence-corrected chi connectivity index (χ3v) is 16.2. The summed E-state index contributed by atoms with van der Waals surface area (Å²) in [5, 5.41) is 33.9. The number of ketones is 2. The van der Waals surface area contributed by atoms with Gasteiger partial charge in [-0.05, 0) is 127 Å². The van der Waals surface area contributed by atoms with Crippen LogP contribution in [0.2, 0.25) is 0 Å². The van der Waals surface area contributed by atoms with Gasteiger partial charge >= 0.3 is 5.97 Å². The van der Waals surface area contributed by atoms with Crippen molar-refractivity contribution in [1.29, 1.82) is 10.5 Å². The molecule has 5 N–H and O–H groups in total. The SMILES string of the molecule is COc1cccc2c1C=C(C(=O)NC(CC1CC1)C(=O)CC1(C#N)CCc3cccnc3C1)C2.COc1cccc2c1C=C(C(=O)NC(CC1CC1)C(=O)O)C2.Cl.N#CC1(N)CCc2cccnc2C1.O=C1CCc2cccnc2C1. The average Bonchev–Trinajstić information content (AvgIpc) is 4.41. The van der Waals surface area contributed by atoms with E-state index in [9.17, 15) is 34.3 Å². The first kappa shape index (κ1) is 59.1. The molecule has 4 unspecified atom stereocenters. The number of halogens is 1. The maximum absolute atomic E-state index is 13.5. The number of pyridine rings is 3. The number of fused-ring (bicyclic) bond motifs is 5. The summed E-state index contributed by atoms with van der Waals surface area (Å²) in [5.41, 5.74) is 16.1. The Hall–Kier alpha value is -8.05. The van der Waals surface area contributed by atoms with E-state index in [2.05, 4.69) is 49.9 Å². The first-order chi connectivity index (χ1) is 38.7. The van der Waals surface area contributed by atoms with Crippen molar-refractivity contribution in [3.63, 3.8) is 0 Å². The van der Waals surface area contributed by atoms with Gasteiger partial charge in [-0.15, -0.1) is 12.4 Å². The van der Waals surface area contributed by atoms with Gasteiger partial charge < -0.3 is 30.9 Å². The van der Waals surface area contributed by atoms with Crippen molar-refractivity contribution in [2.45, 2.75) is 133 Å². The van der Waals surface area contributed by atoms with E-state index < -0.39 is 29.0 Å². The molecule has 2 saturated carbocycles. The van der Waals surface area contributed by atoms with Gasteiger partial charge in [0.2, 0.25) is 11.8 Å². The monoisotopic (exact) mass is 1110 g/mol. The molecule has 12 rings (SSSR count). The van der Waals surface area contributed by atoms with Crippen LogP contribution < -0.4 is 25.8 Å². The molecule has 0 aliphatic heterocycles. The molecule has 5 aromatic rings. The second-order valence-electron chi connectivity index (χ2n) is 22.2. The predicted octanol–water partition coefficient (Wildman–Crippen LogP) is 8.33. The van der Waals surface area contributed by atoms with Gasteiger partial charge in [-0.2, -0.15) is 10.5 Å². The Bertz CT molecular complexity index is 3340. The van der Waals surface area contributed by atoms with E-state index in [-0.39, 0.29) is 36.4 Å². The van der Waals surface area contributed by atoms with Gasteiger partial charge in [-0.3, -0.25) is 34.1 Å². The lowest BCUT2D eigenvalue weighted by Crippen LogP contribution is -2.44. The minimum atomic E-state index is -0.964. The predicted molar refractivity (Wildman–Crippen MR) is 307 cm³/mol. The Labute approximate surface area is 479 Å². The smallest absolute Gasteiger partial charge is 0.326 e. The fourth-order valence-corrected chi connectivity index (χ4v) is 11.2. The zero-order valence-corrected chi connectivity index (χ0v) is 46.7. The number of hydrogen-bond acceptors (Lipinski definition) is 13. The van der Waals surface area contributed by atoms with Crippen molar-refractivity contribution in [1.82, 2.24) is 25.6 Å². The second kappa shape index (κ2) is 26.5. The summed E-state index contributed by atoms with van der Waals surface area (Å²) in [6.45, 7) is 0. The maximum atomic E-state index is 13.5. The standard InChI is InChI=1S/C28H29N3O3.C17H19NO4.C10H11N3.C9H9NO.ClH/c1-34-26-6-2-4-20-13-21(14-22(20)26)27(33)31-23(12-18-7-8-18)25(32)16-28(17-29)10-9-19-5-3-11-30-24(19)15-28;1-22-15-4-2-3-11-8-12(9-13(11)15)16(19)18-14(17(20)21)7-10-5-6-10;11-7-10(12)4-3-8-2-1-5-13-9(8)6-10;11-8-4-3-7-2-1-5-10-9(7)6-8;/h2-6,11,14,18,23H,7-10,12-13,15-16H2,1H3,(H,31,33);2-4,9-10,14H,5-8H2,1H3,(H,18,19)(H,20,21);1-2,5H,3-4,6,12H2;1-2,5H,3-4,6H2;1H. The van der Waals surface area contributed by atoms with E-state index in [1.165, 1.54) is 11.1 Å². The Kier molecular flexibility index (Phi) is 19.3. The highest BCUT2D eigenvalue weighted by molar-refractivity contribution is 6.03. The quantitative estimate of drug-likeness (QED) is 0.0815. The summed E-state index contributed by atoms with van der Waals surface area (Å²) >= 11 is 0. The number of carboxylic acid groups (broad SMARTS) is 1. The number of carbonyl (C=O) groups is 5. The number of nitrogens with one attached hydrogen (secondary N) is 2. The number of nitrogens with two attached hydrogens (primary N) is 1. The molecule has 7 aliphatic rings. The molecule has 0 saturated heterocycles. The Morgan fingerprint density at radius 2 is 1.12 bits per heavy atom. The summed E-state index contributed by atoms with van der Waals surface area (Å²) in [6, 6.07) is 26.6. The van der Waals surface area contributed by atoms with Crippen molar-refractivity contribution in [3.8, 4) is 23.6 Å². The first-order valence-corrected chi connectivity index (χ1v) is 27.7. The van der Waals surface area contributed by atoms with Gasteiger partial charge in [-0.25, -0.2) is 4.79 Å². The first-order valence-electron chi connectivity index (χ1n) is 27.7. The Balaban J connectivity index is 0.000000156. The molecule has 0 radical (unpaired) electrons. The summed E-state index contributed by atoms with van der Waals surface area (Å²) < 4.78 is 10.7. The van der Waals surface area contributed by atoms with Crippen LogP contribution >= 0.6 is 12.4 Å². The molecule has 0 spiro atoms. The molecule has 2 aromatic carbocycles. The highest BCUT2D eigenvalue weighted by atomic mass is 35.5. The minimum absolute atomic E-state index is 0. The van der Waals surface area contributed by atoms with Crippen LogP contribution in [0.15, 0.2) is 103 Å². The van der Waals surface area contributed by atoms with Gasteiger partial charge in [0, 0.05) is 97.2 Å². The molecule has 3 heterocycles. The fourth-order valence-electron chi connectivity index (χ4n) is 11.2. The number of aliphatic carboxylic acids is 1. The molecule has 3 aromatic heterocycles. The van der Waals surface area contributed by atoms with E-state index in [0.29, 0.717) is 86.6 Å². The average molecular weight is 1110 g/mol. The second-order valence-corrected chi connectivity index (χ2v) is 22.2. The normalized spacial score (nSPS) is 20.1. The molecule has 2 fully saturated rings. The number of methoxy groups -OCH3 is 2. The van der Waals surface area contributed by atoms with E-state index in [4.69, 9.17) is 20.5 Å². The molecular weight excluding hydrogens is 1040 g/mol. The number of carbonyl (C=O) groups excluding carboxylic acids is 4. The number of carboxylic acids is 1. The molecule has 16 nitrogen and oxygen atoms in total. The van der Waals surface area contributed by atoms with E-state index in [1.807, 2.05) is 66.7 Å². The number of aryl methyl sites for hydroxylation is 3. The zero-order chi connectivity index (χ0) is 56.4. The van der Waals surface area contributed by atoms with Crippen molar-refractivity contribution in [2.24, 2.45) is 23.0 Å². The molecule has 81 heavy (non-hydrogen) atoms. The number of amides is 2. The third kappa shape index (κ3) is 15.0. The molecule has 4 atom stereocenters. The number of rotatable bonds is 14. The zero-order valence-electron chi connectivity index (χ0n) is 45.9. The lowest BCUT2D eigenvalue weighted by molar-refractivity contribution is -0.141. The van der Waals surface area contributed by atoms with Crippen LogP contribution in [0.1, 0.15) is 120 Å². The lowest BCUT2D eigenvalue weighted by Gasteiger charge is -2.32. The number of aromatic nitrogens is 3. The highest BCUT2D eigenvalue weighted by Crippen LogP contribution is 2.41. The number of nitrogens with zero attached hydrogens (tertiary/aromatic N) is 5. The van der Waals surface area contributed by atoms with Gasteiger partial charge in [0.1, 0.15) is 28.9 Å². The van der Waals surface area contributed by atoms with Crippen LogP contribution in [0.25, 0.3) is 12.2 Å². The molecule has 7 aliphatic carbocycles. The number of benzene rings is 2. The molecule has 2 amide bonds. The number of nitriles is 2. The summed E-state index contributed by atoms with van der Waals surface area (Å²) in [6.07, 6.45) is 21.7. The Morgan fingerprint density at radius 3 is 1.63 bits per heavy atom. The maximum Gasteiger partial charge on any atom is 0.326 e. The third-order valence-electron chi connectivity index (χ3n) is 16.2. The van der Waals surface area contributed by atoms with E-state index in [0.717, 1.165) is 108 Å². The van der Waals surface area contributed by atoms with Gasteiger partial charge in [0.25, 0.3) is 0 Å². The van der Waals surface area contributed by atoms with Crippen LogP contribution in [0.4, 0.5) is 0 Å². The van der Waals surface area contributed by atoms with Crippen molar-refractivity contribution >= 4 is 53.9 Å². The molecular formula is C64H69ClN8O8. The highest BCUT2D eigenvalue weighted by Gasteiger charge is 2.41. The van der Waals surface area contributed by atoms with Crippen LogP contribution in [0.3, 0.4) is 0 Å². The number of hydrogen-bond donors (Lipinski definition) is 4. The van der Waals surface area contributed by atoms with Gasteiger partial charge in [-0.1, -0.05) is 68.1 Å². The summed E-state index contributed by atoms with van der Waals surface area (Å²) in [4.78, 5) is 74.1. The number of Topliss-reactive ketones (excluding diaryl/α,β-unsaturated/α-hetero) is 2. The van der Waals surface area contributed by atoms with E-state index >= 15 is 0 Å². The fraction of sp³-hybridized carbons (Fsp3) is 0.406. The van der Waals surface area contributed by atoms with Crippen molar-refractivity contribution in [3.05, 3.63) is 159 Å². The van der Waals surface area contributed by atoms with Crippen LogP contribution in [-0.4, -0.2) is 81.3 Å². The van der Waals surface area contributed by atoms with Crippen LogP contribution in [0, 0.1) is 39.9 Å². The summed E-state index contributed by atoms with van der Waals surface area (Å²) in [5.74, 6) is 1.18.